The molecule has 3 nitrogen and oxygen atoms in total. The first-order valence-electron chi connectivity index (χ1n) is 17.4. The van der Waals surface area contributed by atoms with Crippen LogP contribution in [0.25, 0.3) is 99.2 Å². The Morgan fingerprint density at radius 3 is 1.73 bits per heavy atom. The molecule has 0 fully saturated rings. The minimum Gasteiger partial charge on any atom is -0.455 e. The maximum Gasteiger partial charge on any atom is 0.145 e. The smallest absolute Gasteiger partial charge is 0.145 e. The van der Waals surface area contributed by atoms with Crippen LogP contribution in [0.4, 0.5) is 0 Å². The molecule has 0 radical (unpaired) electrons. The van der Waals surface area contributed by atoms with E-state index >= 15 is 0 Å². The predicted molar refractivity (Wildman–Crippen MR) is 213 cm³/mol. The van der Waals surface area contributed by atoms with Gasteiger partial charge in [-0.25, -0.2) is 0 Å². The standard InChI is InChI=1S/C48H30N2O/c1-3-11-31(12-4-1)34-21-25-40-45(30-34)50(44-28-26-39-38-16-8-10-18-46(38)51-48(39)47(40)44)36-23-19-32(20-24-36)33-22-27-43-41(29-33)37-15-7-9-17-42(37)49(43)35-13-5-2-6-14-35/h1-30H. The molecule has 0 N–H and O–H groups in total. The van der Waals surface area contributed by atoms with E-state index in [1.807, 2.05) is 6.07 Å². The van der Waals surface area contributed by atoms with Crippen LogP contribution in [0.2, 0.25) is 0 Å². The van der Waals surface area contributed by atoms with Crippen LogP contribution in [0.5, 0.6) is 0 Å². The van der Waals surface area contributed by atoms with E-state index in [4.69, 9.17) is 4.42 Å². The molecule has 0 unspecified atom stereocenters. The SMILES string of the molecule is c1ccc(-c2ccc3c4c5oc6ccccc6c5ccc4n(-c4ccc(-c5ccc6c(c5)c5ccccc5n6-c5ccccc5)cc4)c3c2)cc1. The van der Waals surface area contributed by atoms with Crippen molar-refractivity contribution in [2.75, 3.05) is 0 Å². The Bertz CT molecular complexity index is 3110. The van der Waals surface area contributed by atoms with E-state index < -0.39 is 0 Å². The summed E-state index contributed by atoms with van der Waals surface area (Å²) in [5.74, 6) is 0. The maximum atomic E-state index is 6.60. The lowest BCUT2D eigenvalue weighted by molar-refractivity contribution is 0.673. The highest BCUT2D eigenvalue weighted by Gasteiger charge is 2.20. The van der Waals surface area contributed by atoms with Crippen molar-refractivity contribution in [2.45, 2.75) is 0 Å². The lowest BCUT2D eigenvalue weighted by Gasteiger charge is -2.11. The molecule has 51 heavy (non-hydrogen) atoms. The molecular weight excluding hydrogens is 621 g/mol. The summed E-state index contributed by atoms with van der Waals surface area (Å²) >= 11 is 0. The minimum atomic E-state index is 0.912. The first kappa shape index (κ1) is 28.0. The number of aromatic nitrogens is 2. The molecule has 0 aliphatic heterocycles. The van der Waals surface area contributed by atoms with Gasteiger partial charge in [-0.3, -0.25) is 0 Å². The van der Waals surface area contributed by atoms with E-state index in [1.54, 1.807) is 0 Å². The third-order valence-electron chi connectivity index (χ3n) is 10.5. The Hall–Kier alpha value is -6.84. The Kier molecular flexibility index (Phi) is 5.96. The Labute approximate surface area is 293 Å². The van der Waals surface area contributed by atoms with Gasteiger partial charge in [-0.1, -0.05) is 115 Å². The molecule has 8 aromatic carbocycles. The molecule has 238 valence electrons. The first-order chi connectivity index (χ1) is 25.3. The highest BCUT2D eigenvalue weighted by Crippen LogP contribution is 2.42. The molecule has 11 rings (SSSR count). The highest BCUT2D eigenvalue weighted by atomic mass is 16.3. The number of hydrogen-bond acceptors (Lipinski definition) is 1. The monoisotopic (exact) mass is 650 g/mol. The first-order valence-corrected chi connectivity index (χ1v) is 17.4. The molecule has 3 heteroatoms. The lowest BCUT2D eigenvalue weighted by atomic mass is 10.0. The fourth-order valence-corrected chi connectivity index (χ4v) is 8.18. The van der Waals surface area contributed by atoms with Gasteiger partial charge in [-0.2, -0.15) is 0 Å². The molecule has 0 bridgehead atoms. The van der Waals surface area contributed by atoms with Crippen LogP contribution >= 0.6 is 0 Å². The van der Waals surface area contributed by atoms with E-state index in [0.29, 0.717) is 0 Å². The molecule has 0 aliphatic rings. The molecule has 3 aromatic heterocycles. The van der Waals surface area contributed by atoms with Crippen molar-refractivity contribution < 1.29 is 4.42 Å². The summed E-state index contributed by atoms with van der Waals surface area (Å²) in [6.45, 7) is 0. The second-order valence-electron chi connectivity index (χ2n) is 13.3. The Morgan fingerprint density at radius 1 is 0.314 bits per heavy atom. The number of furan rings is 1. The summed E-state index contributed by atoms with van der Waals surface area (Å²) in [7, 11) is 0. The summed E-state index contributed by atoms with van der Waals surface area (Å²) in [5.41, 5.74) is 13.6. The zero-order valence-corrected chi connectivity index (χ0v) is 27.6. The molecule has 0 aliphatic carbocycles. The fraction of sp³-hybridized carbons (Fsp3) is 0. The Morgan fingerprint density at radius 2 is 0.882 bits per heavy atom. The van der Waals surface area contributed by atoms with Gasteiger partial charge in [0.2, 0.25) is 0 Å². The van der Waals surface area contributed by atoms with E-state index in [9.17, 15) is 0 Å². The quantitative estimate of drug-likeness (QED) is 0.186. The van der Waals surface area contributed by atoms with E-state index in [0.717, 1.165) is 44.0 Å². The minimum absolute atomic E-state index is 0.912. The van der Waals surface area contributed by atoms with Gasteiger partial charge in [-0.05, 0) is 89.0 Å². The van der Waals surface area contributed by atoms with Crippen molar-refractivity contribution in [2.24, 2.45) is 0 Å². The molecule has 0 spiro atoms. The molecule has 11 aromatic rings. The molecule has 0 saturated heterocycles. The second kappa shape index (κ2) is 10.8. The topological polar surface area (TPSA) is 23.0 Å². The van der Waals surface area contributed by atoms with Crippen molar-refractivity contribution in [3.8, 4) is 33.6 Å². The molecule has 0 atom stereocenters. The molecule has 0 amide bonds. The number of fused-ring (bicyclic) bond motifs is 10. The predicted octanol–water partition coefficient (Wildman–Crippen LogP) is 13.1. The number of rotatable bonds is 4. The van der Waals surface area contributed by atoms with Gasteiger partial charge < -0.3 is 13.6 Å². The van der Waals surface area contributed by atoms with Crippen LogP contribution in [-0.2, 0) is 0 Å². The van der Waals surface area contributed by atoms with Gasteiger partial charge in [0.15, 0.2) is 0 Å². The molecule has 3 heterocycles. The second-order valence-corrected chi connectivity index (χ2v) is 13.3. The summed E-state index contributed by atoms with van der Waals surface area (Å²) in [6.07, 6.45) is 0. The van der Waals surface area contributed by atoms with Gasteiger partial charge in [-0.15, -0.1) is 0 Å². The van der Waals surface area contributed by atoms with Crippen LogP contribution in [0.15, 0.2) is 186 Å². The van der Waals surface area contributed by atoms with Crippen LogP contribution in [0, 0.1) is 0 Å². The zero-order valence-electron chi connectivity index (χ0n) is 27.6. The maximum absolute atomic E-state index is 6.60. The average Bonchev–Trinajstić information content (AvgIpc) is 3.86. The summed E-state index contributed by atoms with van der Waals surface area (Å²) in [6, 6.07) is 65.4. The summed E-state index contributed by atoms with van der Waals surface area (Å²) in [5, 5.41) is 7.11. The van der Waals surface area contributed by atoms with Crippen molar-refractivity contribution in [3.05, 3.63) is 182 Å². The summed E-state index contributed by atoms with van der Waals surface area (Å²) < 4.78 is 11.4. The van der Waals surface area contributed by atoms with Crippen molar-refractivity contribution >= 4 is 65.6 Å². The molecule has 0 saturated carbocycles. The number of nitrogens with zero attached hydrogens (tertiary/aromatic N) is 2. The van der Waals surface area contributed by atoms with Crippen LogP contribution in [0.1, 0.15) is 0 Å². The Balaban J connectivity index is 1.10. The largest absolute Gasteiger partial charge is 0.455 e. The number of para-hydroxylation sites is 3. The highest BCUT2D eigenvalue weighted by molar-refractivity contribution is 6.24. The third kappa shape index (κ3) is 4.19. The van der Waals surface area contributed by atoms with Crippen LogP contribution < -0.4 is 0 Å². The molecular formula is C48H30N2O. The van der Waals surface area contributed by atoms with Gasteiger partial charge in [0, 0.05) is 38.3 Å². The van der Waals surface area contributed by atoms with Gasteiger partial charge >= 0.3 is 0 Å². The zero-order chi connectivity index (χ0) is 33.5. The van der Waals surface area contributed by atoms with E-state index in [1.165, 1.54) is 55.1 Å². The number of benzene rings is 8. The number of hydrogen-bond donors (Lipinski definition) is 0. The lowest BCUT2D eigenvalue weighted by Crippen LogP contribution is -1.94. The fourth-order valence-electron chi connectivity index (χ4n) is 8.18. The third-order valence-corrected chi connectivity index (χ3v) is 10.5. The van der Waals surface area contributed by atoms with Crippen LogP contribution in [-0.4, -0.2) is 9.13 Å². The van der Waals surface area contributed by atoms with Gasteiger partial charge in [0.25, 0.3) is 0 Å². The van der Waals surface area contributed by atoms with Crippen molar-refractivity contribution in [1.82, 2.24) is 9.13 Å². The van der Waals surface area contributed by atoms with E-state index in [-0.39, 0.29) is 0 Å². The average molecular weight is 651 g/mol. The van der Waals surface area contributed by atoms with Crippen LogP contribution in [0.3, 0.4) is 0 Å². The van der Waals surface area contributed by atoms with Crippen molar-refractivity contribution in [3.63, 3.8) is 0 Å². The van der Waals surface area contributed by atoms with Gasteiger partial charge in [0.1, 0.15) is 11.2 Å². The van der Waals surface area contributed by atoms with Gasteiger partial charge in [0.05, 0.1) is 27.5 Å². The van der Waals surface area contributed by atoms with E-state index in [2.05, 4.69) is 185 Å². The normalized spacial score (nSPS) is 11.9. The summed E-state index contributed by atoms with van der Waals surface area (Å²) in [4.78, 5) is 0. The van der Waals surface area contributed by atoms with Crippen molar-refractivity contribution in [1.29, 1.82) is 0 Å².